The number of esters is 1. The summed E-state index contributed by atoms with van der Waals surface area (Å²) in [5, 5.41) is 0.945. The van der Waals surface area contributed by atoms with Crippen LogP contribution < -0.4 is 0 Å². The number of carbonyl (C=O) groups is 2. The average molecular weight is 372 g/mol. The van der Waals surface area contributed by atoms with Crippen LogP contribution in [0, 0.1) is 6.92 Å². The van der Waals surface area contributed by atoms with E-state index in [0.29, 0.717) is 24.2 Å². The van der Waals surface area contributed by atoms with E-state index in [4.69, 9.17) is 4.74 Å². The first-order valence-corrected chi connectivity index (χ1v) is 9.56. The summed E-state index contributed by atoms with van der Waals surface area (Å²) in [5.74, 6) is -0.365. The number of piperidine rings is 1. The first-order valence-electron chi connectivity index (χ1n) is 9.56. The molecule has 2 aliphatic heterocycles. The van der Waals surface area contributed by atoms with Gasteiger partial charge in [-0.2, -0.15) is 0 Å². The van der Waals surface area contributed by atoms with Crippen LogP contribution in [0.2, 0.25) is 0 Å². The quantitative estimate of drug-likeness (QED) is 0.609. The Balaban J connectivity index is 1.53. The van der Waals surface area contributed by atoms with E-state index in [9.17, 15) is 9.59 Å². The van der Waals surface area contributed by atoms with Crippen LogP contribution in [0.4, 0.5) is 0 Å². The number of amides is 1. The van der Waals surface area contributed by atoms with Gasteiger partial charge < -0.3 is 9.64 Å². The highest BCUT2D eigenvalue weighted by molar-refractivity contribution is 6.05. The number of fused-ring (bicyclic) bond motifs is 3. The Morgan fingerprint density at radius 2 is 1.96 bits per heavy atom. The molecule has 0 aliphatic carbocycles. The normalized spacial score (nSPS) is 21.0. The number of hydrogen-bond acceptors (Lipinski definition) is 4. The fourth-order valence-corrected chi connectivity index (χ4v) is 4.43. The number of pyridine rings is 1. The molecule has 1 fully saturated rings. The summed E-state index contributed by atoms with van der Waals surface area (Å²) in [5.41, 5.74) is 2.95. The number of aromatic nitrogens is 1. The summed E-state index contributed by atoms with van der Waals surface area (Å²) in [6, 6.07) is 17.1. The molecule has 1 atom stereocenters. The van der Waals surface area contributed by atoms with Gasteiger partial charge in [-0.3, -0.25) is 9.78 Å². The van der Waals surface area contributed by atoms with Gasteiger partial charge in [0, 0.05) is 23.2 Å². The van der Waals surface area contributed by atoms with Crippen molar-refractivity contribution >= 4 is 22.8 Å². The van der Waals surface area contributed by atoms with Crippen molar-refractivity contribution in [2.75, 3.05) is 13.1 Å². The highest BCUT2D eigenvalue weighted by Gasteiger charge is 2.48. The number of benzene rings is 2. The second-order valence-corrected chi connectivity index (χ2v) is 7.59. The number of ether oxygens (including phenoxy) is 1. The van der Waals surface area contributed by atoms with Gasteiger partial charge in [-0.15, -0.1) is 0 Å². The molecule has 0 N–H and O–H groups in total. The van der Waals surface area contributed by atoms with Gasteiger partial charge in [-0.25, -0.2) is 4.79 Å². The molecule has 2 aliphatic rings. The molecule has 5 heteroatoms. The minimum atomic E-state index is -0.741. The van der Waals surface area contributed by atoms with Crippen molar-refractivity contribution in [1.82, 2.24) is 9.88 Å². The molecule has 2 aromatic carbocycles. The minimum absolute atomic E-state index is 0.0665. The zero-order valence-electron chi connectivity index (χ0n) is 15.6. The number of rotatable bonds is 1. The first-order chi connectivity index (χ1) is 13.6. The summed E-state index contributed by atoms with van der Waals surface area (Å²) in [4.78, 5) is 32.2. The van der Waals surface area contributed by atoms with Crippen LogP contribution in [-0.4, -0.2) is 34.8 Å². The lowest BCUT2D eigenvalue weighted by Crippen LogP contribution is -2.48. The summed E-state index contributed by atoms with van der Waals surface area (Å²) in [7, 11) is 0. The number of carbonyl (C=O) groups excluding carboxylic acids is 2. The second kappa shape index (κ2) is 6.16. The lowest BCUT2D eigenvalue weighted by Gasteiger charge is -2.39. The minimum Gasteiger partial charge on any atom is -0.449 e. The molecule has 0 unspecified atom stereocenters. The van der Waals surface area contributed by atoms with Crippen molar-refractivity contribution in [2.24, 2.45) is 0 Å². The molecule has 1 spiro atoms. The zero-order chi connectivity index (χ0) is 19.3. The number of hydrogen-bond donors (Lipinski definition) is 0. The smallest absolute Gasteiger partial charge is 0.339 e. The van der Waals surface area contributed by atoms with Gasteiger partial charge in [0.1, 0.15) is 0 Å². The molecule has 1 amide bonds. The lowest BCUT2D eigenvalue weighted by molar-refractivity contribution is -0.0442. The van der Waals surface area contributed by atoms with Crippen LogP contribution in [0.5, 0.6) is 0 Å². The summed E-state index contributed by atoms with van der Waals surface area (Å²) in [6.07, 6.45) is 1.51. The number of nitrogens with zero attached hydrogens (tertiary/aromatic N) is 2. The Hall–Kier alpha value is -3.21. The van der Waals surface area contributed by atoms with E-state index < -0.39 is 5.60 Å². The Morgan fingerprint density at radius 3 is 2.86 bits per heavy atom. The largest absolute Gasteiger partial charge is 0.449 e. The SMILES string of the molecule is Cc1ccc2cccc(C(=O)N3CCC[C@@]4(C3)OC(=O)c3ccccc34)c2n1. The van der Waals surface area contributed by atoms with Crippen LogP contribution in [0.15, 0.2) is 54.6 Å². The topological polar surface area (TPSA) is 59.5 Å². The highest BCUT2D eigenvalue weighted by atomic mass is 16.6. The van der Waals surface area contributed by atoms with E-state index in [0.717, 1.165) is 35.0 Å². The molecule has 1 saturated heterocycles. The molecule has 3 aromatic rings. The molecule has 1 aromatic heterocycles. The molecule has 28 heavy (non-hydrogen) atoms. The molecule has 140 valence electrons. The van der Waals surface area contributed by atoms with Gasteiger partial charge in [0.15, 0.2) is 5.60 Å². The standard InChI is InChI=1S/C23H20N2O3/c1-15-10-11-16-6-4-8-18(20(16)24-15)21(26)25-13-5-12-23(14-25)19-9-3-2-7-17(19)22(27)28-23/h2-4,6-11H,5,12-14H2,1H3/t23-/m0/s1. The van der Waals surface area contributed by atoms with Gasteiger partial charge >= 0.3 is 5.97 Å². The fourth-order valence-electron chi connectivity index (χ4n) is 4.43. The fraction of sp³-hybridized carbons (Fsp3) is 0.261. The van der Waals surface area contributed by atoms with Crippen molar-refractivity contribution < 1.29 is 14.3 Å². The monoisotopic (exact) mass is 372 g/mol. The Labute approximate surface area is 162 Å². The third-order valence-corrected chi connectivity index (χ3v) is 5.76. The van der Waals surface area contributed by atoms with E-state index in [-0.39, 0.29) is 11.9 Å². The Bertz CT molecular complexity index is 1120. The van der Waals surface area contributed by atoms with Gasteiger partial charge in [-0.1, -0.05) is 36.4 Å². The maximum absolute atomic E-state index is 13.4. The van der Waals surface area contributed by atoms with Gasteiger partial charge in [-0.05, 0) is 38.0 Å². The predicted octanol–water partition coefficient (Wildman–Crippen LogP) is 3.85. The third-order valence-electron chi connectivity index (χ3n) is 5.76. The van der Waals surface area contributed by atoms with Crippen LogP contribution in [0.3, 0.4) is 0 Å². The predicted molar refractivity (Wildman–Crippen MR) is 105 cm³/mol. The maximum Gasteiger partial charge on any atom is 0.339 e. The lowest BCUT2D eigenvalue weighted by atomic mass is 9.84. The molecule has 0 radical (unpaired) electrons. The number of aryl methyl sites for hydroxylation is 1. The van der Waals surface area contributed by atoms with Gasteiger partial charge in [0.05, 0.1) is 23.2 Å². The van der Waals surface area contributed by atoms with Crippen molar-refractivity contribution in [3.05, 3.63) is 77.0 Å². The van der Waals surface area contributed by atoms with Gasteiger partial charge in [0.25, 0.3) is 5.91 Å². The van der Waals surface area contributed by atoms with Crippen LogP contribution in [-0.2, 0) is 10.3 Å². The summed E-state index contributed by atoms with van der Waals surface area (Å²) >= 11 is 0. The first kappa shape index (κ1) is 16.9. The number of para-hydroxylation sites is 1. The molecule has 5 rings (SSSR count). The van der Waals surface area contributed by atoms with E-state index in [1.165, 1.54) is 0 Å². The molecular formula is C23H20N2O3. The summed E-state index contributed by atoms with van der Waals surface area (Å²) in [6.45, 7) is 2.94. The van der Waals surface area contributed by atoms with Crippen LogP contribution in [0.25, 0.3) is 10.9 Å². The van der Waals surface area contributed by atoms with E-state index in [2.05, 4.69) is 4.98 Å². The van der Waals surface area contributed by atoms with Gasteiger partial charge in [0.2, 0.25) is 0 Å². The van der Waals surface area contributed by atoms with Crippen molar-refractivity contribution in [3.8, 4) is 0 Å². The molecular weight excluding hydrogens is 352 g/mol. The van der Waals surface area contributed by atoms with E-state index in [1.54, 1.807) is 11.0 Å². The molecule has 3 heterocycles. The van der Waals surface area contributed by atoms with Crippen molar-refractivity contribution in [3.63, 3.8) is 0 Å². The molecule has 0 saturated carbocycles. The third kappa shape index (κ3) is 2.50. The number of likely N-dealkylation sites (tertiary alicyclic amines) is 1. The van der Waals surface area contributed by atoms with E-state index in [1.807, 2.05) is 55.5 Å². The van der Waals surface area contributed by atoms with Crippen LogP contribution in [0.1, 0.15) is 44.8 Å². The second-order valence-electron chi connectivity index (χ2n) is 7.59. The molecule has 0 bridgehead atoms. The maximum atomic E-state index is 13.4. The average Bonchev–Trinajstić information content (AvgIpc) is 2.98. The summed E-state index contributed by atoms with van der Waals surface area (Å²) < 4.78 is 5.83. The van der Waals surface area contributed by atoms with Crippen LogP contribution >= 0.6 is 0 Å². The van der Waals surface area contributed by atoms with E-state index >= 15 is 0 Å². The highest BCUT2D eigenvalue weighted by Crippen LogP contribution is 2.43. The van der Waals surface area contributed by atoms with Crippen molar-refractivity contribution in [2.45, 2.75) is 25.4 Å². The zero-order valence-corrected chi connectivity index (χ0v) is 15.6. The Kier molecular flexibility index (Phi) is 3.72. The Morgan fingerprint density at radius 1 is 1.11 bits per heavy atom. The molecule has 5 nitrogen and oxygen atoms in total. The van der Waals surface area contributed by atoms with Crippen molar-refractivity contribution in [1.29, 1.82) is 0 Å².